The number of carbonyl (C=O) groups is 2. The Bertz CT molecular complexity index is 1220. The average Bonchev–Trinajstić information content (AvgIpc) is 3.15. The van der Waals surface area contributed by atoms with E-state index in [2.05, 4.69) is 68.5 Å². The third-order valence-electron chi connectivity index (χ3n) is 7.53. The van der Waals surface area contributed by atoms with Crippen LogP contribution in [0.2, 0.25) is 0 Å². The lowest BCUT2D eigenvalue weighted by molar-refractivity contribution is -0.161. The summed E-state index contributed by atoms with van der Waals surface area (Å²) in [7, 11) is -4.42. The van der Waals surface area contributed by atoms with Gasteiger partial charge in [0.05, 0.1) is 19.3 Å². The van der Waals surface area contributed by atoms with E-state index in [9.17, 15) is 24.2 Å². The normalized spacial score (nSPS) is 15.0. The molecule has 4 N–H and O–H groups in total. The molecule has 0 amide bonds. The highest BCUT2D eigenvalue weighted by molar-refractivity contribution is 7.47. The van der Waals surface area contributed by atoms with Gasteiger partial charge in [0, 0.05) is 19.4 Å². The quantitative estimate of drug-likeness (QED) is 0.0186. The largest absolute Gasteiger partial charge is 0.472 e. The van der Waals surface area contributed by atoms with Crippen molar-refractivity contribution in [3.8, 4) is 0 Å². The fraction of sp³-hybridized carbons (Fsp3) is 0.581. The summed E-state index contributed by atoms with van der Waals surface area (Å²) >= 11 is 0. The van der Waals surface area contributed by atoms with Crippen LogP contribution < -0.4 is 5.73 Å². The van der Waals surface area contributed by atoms with Gasteiger partial charge in [-0.3, -0.25) is 18.6 Å². The van der Waals surface area contributed by atoms with Crippen LogP contribution in [0.1, 0.15) is 123 Å². The summed E-state index contributed by atoms with van der Waals surface area (Å²) in [6.45, 7) is 3.34. The zero-order valence-corrected chi connectivity index (χ0v) is 33.9. The van der Waals surface area contributed by atoms with Crippen LogP contribution >= 0.6 is 7.82 Å². The number of phosphoric ester groups is 1. The standard InChI is InChI=1S/C43H70NO9P/c1-3-5-7-9-11-12-13-14-15-16-17-18-22-27-31-35-43(47)53-41(39-52-54(48,49)51-37-36-44)38-50-42(46)34-30-26-23-19-21-25-29-33-40(45)32-28-24-20-10-8-6-4-2/h5,7,11-12,14-15,17-20,23-25,28-29,32,40-41,45H,3-4,6,8-10,13,16,21-22,26-27,30-31,33-39,44H2,1-2H3,(H,48,49)/b7-5-,12-11-,15-14-,18-17-,23-19+,24-20-,29-25-,32-28-/t40-,41-/m1/s1. The van der Waals surface area contributed by atoms with E-state index < -0.39 is 38.6 Å². The molecule has 0 rings (SSSR count). The van der Waals surface area contributed by atoms with Gasteiger partial charge in [-0.15, -0.1) is 0 Å². The number of rotatable bonds is 35. The van der Waals surface area contributed by atoms with Crippen molar-refractivity contribution in [3.05, 3.63) is 97.2 Å². The van der Waals surface area contributed by atoms with Crippen LogP contribution in [0.15, 0.2) is 97.2 Å². The summed E-state index contributed by atoms with van der Waals surface area (Å²) in [5.74, 6) is -0.998. The van der Waals surface area contributed by atoms with Gasteiger partial charge in [0.15, 0.2) is 6.10 Å². The van der Waals surface area contributed by atoms with Crippen molar-refractivity contribution < 1.29 is 42.7 Å². The van der Waals surface area contributed by atoms with Crippen molar-refractivity contribution >= 4 is 19.8 Å². The SMILES string of the molecule is CC/C=C\C/C=C\C/C=C\C/C=C\CCCCC(=O)O[C@H](COC(=O)CCC/C=C/C/C=C\C[C@H](O)/C=C\C=C/CCCCC)COP(=O)(O)OCCN. The van der Waals surface area contributed by atoms with E-state index >= 15 is 0 Å². The first-order valence-electron chi connectivity index (χ1n) is 19.8. The van der Waals surface area contributed by atoms with E-state index in [0.29, 0.717) is 25.7 Å². The highest BCUT2D eigenvalue weighted by atomic mass is 31.2. The Kier molecular flexibility index (Phi) is 36.0. The lowest BCUT2D eigenvalue weighted by atomic mass is 10.2. The zero-order chi connectivity index (χ0) is 39.8. The molecule has 306 valence electrons. The van der Waals surface area contributed by atoms with Gasteiger partial charge in [-0.25, -0.2) is 4.57 Å². The van der Waals surface area contributed by atoms with E-state index in [1.54, 1.807) is 6.08 Å². The number of aliphatic hydroxyl groups excluding tert-OH is 1. The molecule has 0 aliphatic carbocycles. The molecule has 0 spiro atoms. The maximum Gasteiger partial charge on any atom is 0.472 e. The molecule has 0 fully saturated rings. The van der Waals surface area contributed by atoms with Crippen molar-refractivity contribution in [3.63, 3.8) is 0 Å². The summed E-state index contributed by atoms with van der Waals surface area (Å²) in [5, 5.41) is 10.0. The van der Waals surface area contributed by atoms with Gasteiger partial charge in [0.1, 0.15) is 6.61 Å². The molecule has 54 heavy (non-hydrogen) atoms. The van der Waals surface area contributed by atoms with Gasteiger partial charge in [-0.05, 0) is 83.5 Å². The van der Waals surface area contributed by atoms with E-state index in [0.717, 1.165) is 51.4 Å². The van der Waals surface area contributed by atoms with Crippen LogP contribution in [0.25, 0.3) is 0 Å². The first-order chi connectivity index (χ1) is 26.2. The Morgan fingerprint density at radius 2 is 1.24 bits per heavy atom. The maximum atomic E-state index is 12.5. The van der Waals surface area contributed by atoms with E-state index in [4.69, 9.17) is 24.3 Å². The number of ether oxygens (including phenoxy) is 2. The Balaban J connectivity index is 4.46. The van der Waals surface area contributed by atoms with Crippen LogP contribution in [0.5, 0.6) is 0 Å². The minimum Gasteiger partial charge on any atom is -0.462 e. The third-order valence-corrected chi connectivity index (χ3v) is 8.52. The number of phosphoric acid groups is 1. The molecule has 10 nitrogen and oxygen atoms in total. The molecular weight excluding hydrogens is 705 g/mol. The molecule has 0 saturated heterocycles. The first-order valence-corrected chi connectivity index (χ1v) is 21.3. The number of nitrogens with two attached hydrogens (primary N) is 1. The van der Waals surface area contributed by atoms with Crippen LogP contribution in [-0.2, 0) is 32.7 Å². The number of hydrogen-bond acceptors (Lipinski definition) is 9. The molecule has 0 bridgehead atoms. The minimum absolute atomic E-state index is 0.0241. The molecule has 0 aromatic rings. The second-order valence-electron chi connectivity index (χ2n) is 12.6. The Morgan fingerprint density at radius 3 is 1.89 bits per heavy atom. The maximum absolute atomic E-state index is 12.5. The number of hydrogen-bond donors (Lipinski definition) is 3. The highest BCUT2D eigenvalue weighted by Gasteiger charge is 2.25. The number of esters is 2. The minimum atomic E-state index is -4.42. The van der Waals surface area contributed by atoms with Crippen molar-refractivity contribution in [2.24, 2.45) is 5.73 Å². The molecule has 3 atom stereocenters. The lowest BCUT2D eigenvalue weighted by Crippen LogP contribution is -2.29. The Morgan fingerprint density at radius 1 is 0.667 bits per heavy atom. The number of unbranched alkanes of at least 4 members (excludes halogenated alkanes) is 6. The molecule has 0 heterocycles. The van der Waals surface area contributed by atoms with Crippen molar-refractivity contribution in [2.75, 3.05) is 26.4 Å². The molecule has 11 heteroatoms. The summed E-state index contributed by atoms with van der Waals surface area (Å²) in [6, 6.07) is 0. The molecule has 0 saturated carbocycles. The molecular formula is C43H70NO9P. The van der Waals surface area contributed by atoms with Crippen molar-refractivity contribution in [2.45, 2.75) is 135 Å². The van der Waals surface area contributed by atoms with Gasteiger partial charge in [0.25, 0.3) is 0 Å². The summed E-state index contributed by atoms with van der Waals surface area (Å²) in [6.07, 6.45) is 44.7. The predicted octanol–water partition coefficient (Wildman–Crippen LogP) is 10.0. The Hall–Kier alpha value is -3.11. The molecule has 0 aromatic heterocycles. The predicted molar refractivity (Wildman–Crippen MR) is 221 cm³/mol. The second kappa shape index (κ2) is 38.2. The van der Waals surface area contributed by atoms with E-state index in [1.807, 2.05) is 36.5 Å². The summed E-state index contributed by atoms with van der Waals surface area (Å²) in [4.78, 5) is 34.7. The third kappa shape index (κ3) is 37.2. The number of carbonyl (C=O) groups excluding carboxylic acids is 2. The van der Waals surface area contributed by atoms with Gasteiger partial charge in [0.2, 0.25) is 0 Å². The van der Waals surface area contributed by atoms with Crippen molar-refractivity contribution in [1.82, 2.24) is 0 Å². The average molecular weight is 776 g/mol. The van der Waals surface area contributed by atoms with Crippen LogP contribution in [0.3, 0.4) is 0 Å². The fourth-order valence-electron chi connectivity index (χ4n) is 4.58. The Labute approximate surface area is 326 Å². The second-order valence-corrected chi connectivity index (χ2v) is 14.1. The number of allylic oxidation sites excluding steroid dienone is 14. The molecule has 1 unspecified atom stereocenters. The van der Waals surface area contributed by atoms with Gasteiger partial charge in [-0.2, -0.15) is 0 Å². The van der Waals surface area contributed by atoms with Gasteiger partial charge in [-0.1, -0.05) is 124 Å². The van der Waals surface area contributed by atoms with Crippen LogP contribution in [0, 0.1) is 0 Å². The highest BCUT2D eigenvalue weighted by Crippen LogP contribution is 2.43. The topological polar surface area (TPSA) is 155 Å². The summed E-state index contributed by atoms with van der Waals surface area (Å²) in [5.41, 5.74) is 5.32. The lowest BCUT2D eigenvalue weighted by Gasteiger charge is -2.19. The van der Waals surface area contributed by atoms with Crippen LogP contribution in [-0.4, -0.2) is 60.5 Å². The van der Waals surface area contributed by atoms with Crippen LogP contribution in [0.4, 0.5) is 0 Å². The fourth-order valence-corrected chi connectivity index (χ4v) is 5.34. The molecule has 0 aromatic carbocycles. The monoisotopic (exact) mass is 775 g/mol. The van der Waals surface area contributed by atoms with E-state index in [1.165, 1.54) is 19.3 Å². The summed E-state index contributed by atoms with van der Waals surface area (Å²) < 4.78 is 32.5. The number of aliphatic hydroxyl groups is 1. The first kappa shape index (κ1) is 50.9. The molecule has 0 radical (unpaired) electrons. The van der Waals surface area contributed by atoms with Crippen molar-refractivity contribution in [1.29, 1.82) is 0 Å². The van der Waals surface area contributed by atoms with E-state index in [-0.39, 0.29) is 32.6 Å². The molecule has 0 aliphatic rings. The van der Waals surface area contributed by atoms with Gasteiger partial charge >= 0.3 is 19.8 Å². The smallest absolute Gasteiger partial charge is 0.462 e. The molecule has 0 aliphatic heterocycles. The van der Waals surface area contributed by atoms with Gasteiger partial charge < -0.3 is 25.2 Å². The zero-order valence-electron chi connectivity index (χ0n) is 33.0.